The number of carbonyl (C=O) groups excluding carboxylic acids is 1. The summed E-state index contributed by atoms with van der Waals surface area (Å²) in [6.45, 7) is 10.2. The molecule has 1 aliphatic rings. The van der Waals surface area contributed by atoms with Gasteiger partial charge >= 0.3 is 0 Å². The maximum Gasteiger partial charge on any atom is 0.237 e. The molecule has 2 atom stereocenters. The van der Waals surface area contributed by atoms with Crippen molar-refractivity contribution >= 4 is 5.91 Å². The minimum atomic E-state index is 0.0236. The first-order chi connectivity index (χ1) is 8.17. The van der Waals surface area contributed by atoms with E-state index in [0.29, 0.717) is 6.04 Å². The molecule has 0 aromatic heterocycles. The highest BCUT2D eigenvalue weighted by atomic mass is 16.2. The van der Waals surface area contributed by atoms with Crippen LogP contribution < -0.4 is 10.6 Å². The van der Waals surface area contributed by atoms with Gasteiger partial charge in [-0.25, -0.2) is 0 Å². The number of rotatable bonds is 6. The number of piperidine rings is 1. The predicted molar refractivity (Wildman–Crippen MR) is 71.0 cm³/mol. The van der Waals surface area contributed by atoms with Gasteiger partial charge in [-0.2, -0.15) is 0 Å². The topological polar surface area (TPSA) is 44.4 Å². The molecule has 1 fully saturated rings. The first-order valence-electron chi connectivity index (χ1n) is 6.93. The summed E-state index contributed by atoms with van der Waals surface area (Å²) in [5, 5.41) is 6.39. The predicted octanol–water partition coefficient (Wildman–Crippen LogP) is 0.975. The van der Waals surface area contributed by atoms with E-state index < -0.39 is 0 Å². The highest BCUT2D eigenvalue weighted by Crippen LogP contribution is 2.11. The molecule has 1 rings (SSSR count). The summed E-state index contributed by atoms with van der Waals surface area (Å²) in [4.78, 5) is 14.2. The highest BCUT2D eigenvalue weighted by Gasteiger charge is 2.23. The van der Waals surface area contributed by atoms with E-state index in [1.54, 1.807) is 0 Å². The van der Waals surface area contributed by atoms with Crippen LogP contribution in [-0.4, -0.2) is 49.1 Å². The summed E-state index contributed by atoms with van der Waals surface area (Å²) in [5.74, 6) is 0.170. The number of hydrogen-bond acceptors (Lipinski definition) is 3. The van der Waals surface area contributed by atoms with Gasteiger partial charge in [0.25, 0.3) is 0 Å². The number of amides is 1. The fourth-order valence-electron chi connectivity index (χ4n) is 2.35. The van der Waals surface area contributed by atoms with Crippen LogP contribution in [-0.2, 0) is 4.79 Å². The van der Waals surface area contributed by atoms with Crippen molar-refractivity contribution in [2.45, 2.75) is 52.1 Å². The second-order valence-corrected chi connectivity index (χ2v) is 4.87. The van der Waals surface area contributed by atoms with E-state index in [0.717, 1.165) is 39.0 Å². The number of carbonyl (C=O) groups is 1. The Morgan fingerprint density at radius 3 is 2.65 bits per heavy atom. The third-order valence-corrected chi connectivity index (χ3v) is 3.55. The van der Waals surface area contributed by atoms with Gasteiger partial charge < -0.3 is 15.5 Å². The number of likely N-dealkylation sites (N-methyl/N-ethyl adjacent to an activating group) is 1. The zero-order valence-electron chi connectivity index (χ0n) is 11.5. The molecule has 0 spiro atoms. The van der Waals surface area contributed by atoms with Crippen molar-refractivity contribution in [2.24, 2.45) is 0 Å². The van der Waals surface area contributed by atoms with Crippen LogP contribution in [0.1, 0.15) is 40.0 Å². The summed E-state index contributed by atoms with van der Waals surface area (Å²) in [6.07, 6.45) is 3.31. The van der Waals surface area contributed by atoms with Gasteiger partial charge in [0.05, 0.1) is 6.04 Å². The van der Waals surface area contributed by atoms with Crippen LogP contribution in [0.3, 0.4) is 0 Å². The Bertz CT molecular complexity index is 229. The van der Waals surface area contributed by atoms with Gasteiger partial charge in [-0.1, -0.05) is 13.8 Å². The molecule has 1 aliphatic heterocycles. The zero-order chi connectivity index (χ0) is 12.7. The monoisotopic (exact) mass is 241 g/mol. The van der Waals surface area contributed by atoms with E-state index in [4.69, 9.17) is 0 Å². The van der Waals surface area contributed by atoms with Crippen molar-refractivity contribution in [3.63, 3.8) is 0 Å². The number of nitrogens with zero attached hydrogens (tertiary/aromatic N) is 1. The molecule has 0 aliphatic carbocycles. The van der Waals surface area contributed by atoms with Gasteiger partial charge in [-0.15, -0.1) is 0 Å². The fraction of sp³-hybridized carbons (Fsp3) is 0.923. The van der Waals surface area contributed by atoms with E-state index in [2.05, 4.69) is 36.3 Å². The summed E-state index contributed by atoms with van der Waals surface area (Å²) in [6, 6.07) is 0.498. The van der Waals surface area contributed by atoms with Crippen molar-refractivity contribution < 1.29 is 4.79 Å². The Kier molecular flexibility index (Phi) is 6.52. The van der Waals surface area contributed by atoms with Crippen LogP contribution in [0.5, 0.6) is 0 Å². The first kappa shape index (κ1) is 14.5. The van der Waals surface area contributed by atoms with Gasteiger partial charge in [-0.3, -0.25) is 4.79 Å². The molecule has 4 nitrogen and oxygen atoms in total. The van der Waals surface area contributed by atoms with Gasteiger partial charge in [-0.05, 0) is 39.3 Å². The molecular formula is C13H27N3O. The van der Waals surface area contributed by atoms with Crippen LogP contribution in [0.15, 0.2) is 0 Å². The fourth-order valence-corrected chi connectivity index (χ4v) is 2.35. The Morgan fingerprint density at radius 2 is 2.06 bits per heavy atom. The highest BCUT2D eigenvalue weighted by molar-refractivity contribution is 5.81. The minimum absolute atomic E-state index is 0.0236. The molecule has 100 valence electrons. The lowest BCUT2D eigenvalue weighted by Crippen LogP contribution is -2.51. The lowest BCUT2D eigenvalue weighted by atomic mass is 9.99. The standard InChI is InChI=1S/C13H27N3O/c1-4-16(5-2)10-9-14-13(17)12-8-6-7-11(3)15-12/h11-12,15H,4-10H2,1-3H3,(H,14,17). The molecule has 0 saturated carbocycles. The second kappa shape index (κ2) is 7.67. The maximum atomic E-state index is 11.9. The molecule has 0 bridgehead atoms. The van der Waals surface area contributed by atoms with Crippen LogP contribution in [0, 0.1) is 0 Å². The summed E-state index contributed by atoms with van der Waals surface area (Å²) >= 11 is 0. The Morgan fingerprint density at radius 1 is 1.35 bits per heavy atom. The minimum Gasteiger partial charge on any atom is -0.353 e. The van der Waals surface area contributed by atoms with Crippen LogP contribution >= 0.6 is 0 Å². The van der Waals surface area contributed by atoms with E-state index >= 15 is 0 Å². The van der Waals surface area contributed by atoms with Crippen molar-refractivity contribution in [3.8, 4) is 0 Å². The molecule has 1 saturated heterocycles. The third kappa shape index (κ3) is 5.04. The van der Waals surface area contributed by atoms with Crippen molar-refractivity contribution in [1.29, 1.82) is 0 Å². The first-order valence-corrected chi connectivity index (χ1v) is 6.93. The van der Waals surface area contributed by atoms with Crippen molar-refractivity contribution in [3.05, 3.63) is 0 Å². The molecule has 1 amide bonds. The number of hydrogen-bond donors (Lipinski definition) is 2. The quantitative estimate of drug-likeness (QED) is 0.728. The Balaban J connectivity index is 2.20. The molecule has 1 heterocycles. The lowest BCUT2D eigenvalue weighted by Gasteiger charge is -2.28. The van der Waals surface area contributed by atoms with Gasteiger partial charge in [0.15, 0.2) is 0 Å². The largest absolute Gasteiger partial charge is 0.353 e. The average Bonchev–Trinajstić information content (AvgIpc) is 2.34. The van der Waals surface area contributed by atoms with Crippen LogP contribution in [0.25, 0.3) is 0 Å². The molecule has 4 heteroatoms. The molecule has 0 aromatic rings. The summed E-state index contributed by atoms with van der Waals surface area (Å²) < 4.78 is 0. The van der Waals surface area contributed by atoms with Gasteiger partial charge in [0, 0.05) is 19.1 Å². The van der Waals surface area contributed by atoms with E-state index in [9.17, 15) is 4.79 Å². The molecule has 0 radical (unpaired) electrons. The molecular weight excluding hydrogens is 214 g/mol. The van der Waals surface area contributed by atoms with Crippen LogP contribution in [0.4, 0.5) is 0 Å². The van der Waals surface area contributed by atoms with E-state index in [1.165, 1.54) is 6.42 Å². The van der Waals surface area contributed by atoms with Gasteiger partial charge in [0.2, 0.25) is 5.91 Å². The van der Waals surface area contributed by atoms with Gasteiger partial charge in [0.1, 0.15) is 0 Å². The molecule has 0 aromatic carbocycles. The summed E-state index contributed by atoms with van der Waals surface area (Å²) in [5.41, 5.74) is 0. The van der Waals surface area contributed by atoms with Crippen molar-refractivity contribution in [2.75, 3.05) is 26.2 Å². The second-order valence-electron chi connectivity index (χ2n) is 4.87. The Labute approximate surface area is 105 Å². The third-order valence-electron chi connectivity index (χ3n) is 3.55. The Hall–Kier alpha value is -0.610. The van der Waals surface area contributed by atoms with E-state index in [1.807, 2.05) is 0 Å². The number of nitrogens with one attached hydrogen (secondary N) is 2. The molecule has 2 unspecified atom stereocenters. The molecule has 2 N–H and O–H groups in total. The normalized spacial score (nSPS) is 24.9. The SMILES string of the molecule is CCN(CC)CCNC(=O)C1CCCC(C)N1. The average molecular weight is 241 g/mol. The lowest BCUT2D eigenvalue weighted by molar-refractivity contribution is -0.124. The van der Waals surface area contributed by atoms with Crippen molar-refractivity contribution in [1.82, 2.24) is 15.5 Å². The van der Waals surface area contributed by atoms with E-state index in [-0.39, 0.29) is 11.9 Å². The summed E-state index contributed by atoms with van der Waals surface area (Å²) in [7, 11) is 0. The smallest absolute Gasteiger partial charge is 0.237 e. The van der Waals surface area contributed by atoms with Crippen LogP contribution in [0.2, 0.25) is 0 Å². The zero-order valence-corrected chi connectivity index (χ0v) is 11.5. The maximum absolute atomic E-state index is 11.9. The molecule has 17 heavy (non-hydrogen) atoms.